The highest BCUT2D eigenvalue weighted by molar-refractivity contribution is 5.93. The van der Waals surface area contributed by atoms with Crippen LogP contribution in [0.3, 0.4) is 0 Å². The van der Waals surface area contributed by atoms with Crippen LogP contribution in [0, 0.1) is 10.1 Å². The first kappa shape index (κ1) is 19.1. The van der Waals surface area contributed by atoms with Gasteiger partial charge in [0.15, 0.2) is 12.6 Å². The van der Waals surface area contributed by atoms with Gasteiger partial charge in [-0.15, -0.1) is 0 Å². The Labute approximate surface area is 156 Å². The van der Waals surface area contributed by atoms with Crippen LogP contribution < -0.4 is 5.32 Å². The zero-order valence-corrected chi connectivity index (χ0v) is 15.6. The van der Waals surface area contributed by atoms with Crippen molar-refractivity contribution in [3.8, 4) is 0 Å². The molecule has 3 rings (SSSR count). The zero-order chi connectivity index (χ0) is 19.7. The molecule has 0 spiro atoms. The van der Waals surface area contributed by atoms with Gasteiger partial charge in [0, 0.05) is 28.6 Å². The molecule has 0 radical (unpaired) electrons. The lowest BCUT2D eigenvalue weighted by Crippen LogP contribution is -2.45. The number of ether oxygens (including phenoxy) is 3. The normalized spacial score (nSPS) is 25.0. The quantitative estimate of drug-likeness (QED) is 0.480. The summed E-state index contributed by atoms with van der Waals surface area (Å²) in [5, 5.41) is 14.8. The van der Waals surface area contributed by atoms with Gasteiger partial charge in [0.2, 0.25) is 0 Å². The third-order valence-electron chi connectivity index (χ3n) is 4.64. The fourth-order valence-electron chi connectivity index (χ4n) is 3.53. The van der Waals surface area contributed by atoms with Crippen LogP contribution in [0.25, 0.3) is 0 Å². The van der Waals surface area contributed by atoms with Gasteiger partial charge in [-0.2, -0.15) is 0 Å². The van der Waals surface area contributed by atoms with Crippen LogP contribution in [0.5, 0.6) is 0 Å². The van der Waals surface area contributed by atoms with Gasteiger partial charge in [0.05, 0.1) is 23.0 Å². The highest BCUT2D eigenvalue weighted by atomic mass is 16.9. The molecule has 144 valence electrons. The minimum absolute atomic E-state index is 0.0725. The second-order valence-electron chi connectivity index (χ2n) is 6.39. The standard InChI is InChI=1S/C19H22N2O6/c1-5-25-18(22)15-10(2)20-11(3)16(19-26-12(4)27-19)17(15)13-8-6-7-9-14(13)21(23)24/h6-9,12,17,19-20H,5H2,1-4H3. The number of nitrogens with one attached hydrogen (secondary N) is 1. The molecule has 0 aromatic heterocycles. The molecule has 1 fully saturated rings. The third-order valence-corrected chi connectivity index (χ3v) is 4.64. The topological polar surface area (TPSA) is 99.9 Å². The van der Waals surface area contributed by atoms with Crippen molar-refractivity contribution < 1.29 is 23.9 Å². The number of nitro groups is 1. The van der Waals surface area contributed by atoms with Crippen LogP contribution in [0.4, 0.5) is 5.69 Å². The number of benzene rings is 1. The maximum Gasteiger partial charge on any atom is 0.336 e. The molecule has 2 aliphatic heterocycles. The Hall–Kier alpha value is -2.71. The Morgan fingerprint density at radius 1 is 1.26 bits per heavy atom. The number of carbonyl (C=O) groups excluding carboxylic acids is 1. The summed E-state index contributed by atoms with van der Waals surface area (Å²) in [4.78, 5) is 23.9. The van der Waals surface area contributed by atoms with E-state index in [-0.39, 0.29) is 18.6 Å². The Morgan fingerprint density at radius 2 is 1.93 bits per heavy atom. The molecule has 1 aromatic carbocycles. The number of para-hydroxylation sites is 1. The molecule has 1 N–H and O–H groups in total. The highest BCUT2D eigenvalue weighted by Gasteiger charge is 2.44. The fraction of sp³-hybridized carbons (Fsp3) is 0.421. The third kappa shape index (κ3) is 3.45. The van der Waals surface area contributed by atoms with Gasteiger partial charge in [0.25, 0.3) is 5.69 Å². The maximum atomic E-state index is 12.7. The smallest absolute Gasteiger partial charge is 0.336 e. The number of carbonyl (C=O) groups is 1. The van der Waals surface area contributed by atoms with E-state index in [0.29, 0.717) is 22.4 Å². The fourth-order valence-corrected chi connectivity index (χ4v) is 3.53. The van der Waals surface area contributed by atoms with E-state index in [1.165, 1.54) is 6.07 Å². The van der Waals surface area contributed by atoms with E-state index in [1.54, 1.807) is 39.0 Å². The van der Waals surface area contributed by atoms with E-state index in [0.717, 1.165) is 5.70 Å². The predicted molar refractivity (Wildman–Crippen MR) is 96.4 cm³/mol. The summed E-state index contributed by atoms with van der Waals surface area (Å²) in [6, 6.07) is 6.38. The second kappa shape index (κ2) is 7.50. The number of nitrogens with zero attached hydrogens (tertiary/aromatic N) is 1. The number of nitro benzene ring substituents is 1. The number of allylic oxidation sites excluding steroid dienone is 2. The van der Waals surface area contributed by atoms with Crippen molar-refractivity contribution in [2.24, 2.45) is 0 Å². The van der Waals surface area contributed by atoms with Crippen molar-refractivity contribution in [3.63, 3.8) is 0 Å². The predicted octanol–water partition coefficient (Wildman–Crippen LogP) is 3.11. The lowest BCUT2D eigenvalue weighted by molar-refractivity contribution is -0.385. The lowest BCUT2D eigenvalue weighted by atomic mass is 9.79. The van der Waals surface area contributed by atoms with Crippen LogP contribution in [-0.4, -0.2) is 30.1 Å². The Bertz CT molecular complexity index is 838. The minimum Gasteiger partial charge on any atom is -0.463 e. The van der Waals surface area contributed by atoms with Crippen molar-refractivity contribution in [3.05, 3.63) is 62.5 Å². The Morgan fingerprint density at radius 3 is 2.52 bits per heavy atom. The zero-order valence-electron chi connectivity index (χ0n) is 15.6. The molecule has 0 aliphatic carbocycles. The summed E-state index contributed by atoms with van der Waals surface area (Å²) in [6.07, 6.45) is -1.06. The molecule has 2 aliphatic rings. The average molecular weight is 374 g/mol. The lowest BCUT2D eigenvalue weighted by Gasteiger charge is -2.41. The first-order valence-electron chi connectivity index (χ1n) is 8.74. The second-order valence-corrected chi connectivity index (χ2v) is 6.39. The first-order chi connectivity index (χ1) is 12.8. The molecule has 0 amide bonds. The summed E-state index contributed by atoms with van der Waals surface area (Å²) < 4.78 is 16.5. The number of hydrogen-bond acceptors (Lipinski definition) is 7. The van der Waals surface area contributed by atoms with Crippen LogP contribution >= 0.6 is 0 Å². The summed E-state index contributed by atoms with van der Waals surface area (Å²) in [5.74, 6) is -1.23. The monoisotopic (exact) mass is 374 g/mol. The molecule has 1 unspecified atom stereocenters. The van der Waals surface area contributed by atoms with E-state index >= 15 is 0 Å². The molecule has 0 saturated carbocycles. The van der Waals surface area contributed by atoms with E-state index in [4.69, 9.17) is 14.2 Å². The Balaban J connectivity index is 2.18. The molecule has 1 saturated heterocycles. The van der Waals surface area contributed by atoms with E-state index in [2.05, 4.69) is 5.32 Å². The number of esters is 1. The minimum atomic E-state index is -0.704. The van der Waals surface area contributed by atoms with Crippen molar-refractivity contribution in [1.29, 1.82) is 0 Å². The SMILES string of the molecule is CCOC(=O)C1=C(C)NC(C)=C(C2OC(C)O2)C1c1ccccc1[N+](=O)[O-]. The summed E-state index contributed by atoms with van der Waals surface area (Å²) in [7, 11) is 0. The molecule has 1 aromatic rings. The van der Waals surface area contributed by atoms with Crippen molar-refractivity contribution in [2.75, 3.05) is 6.61 Å². The van der Waals surface area contributed by atoms with Crippen LogP contribution in [-0.2, 0) is 19.0 Å². The maximum absolute atomic E-state index is 12.7. The summed E-state index contributed by atoms with van der Waals surface area (Å²) in [6.45, 7) is 7.25. The van der Waals surface area contributed by atoms with Crippen LogP contribution in [0.1, 0.15) is 39.2 Å². The van der Waals surface area contributed by atoms with Gasteiger partial charge in [-0.1, -0.05) is 18.2 Å². The van der Waals surface area contributed by atoms with Crippen molar-refractivity contribution in [1.82, 2.24) is 5.32 Å². The average Bonchev–Trinajstić information content (AvgIpc) is 2.59. The molecule has 0 bridgehead atoms. The molecular formula is C19H22N2O6. The van der Waals surface area contributed by atoms with Crippen LogP contribution in [0.15, 0.2) is 46.8 Å². The van der Waals surface area contributed by atoms with Gasteiger partial charge >= 0.3 is 5.97 Å². The van der Waals surface area contributed by atoms with Gasteiger partial charge in [0.1, 0.15) is 0 Å². The molecule has 27 heavy (non-hydrogen) atoms. The molecule has 8 heteroatoms. The van der Waals surface area contributed by atoms with E-state index in [9.17, 15) is 14.9 Å². The summed E-state index contributed by atoms with van der Waals surface area (Å²) in [5.41, 5.74) is 2.60. The van der Waals surface area contributed by atoms with Gasteiger partial charge in [-0.05, 0) is 27.7 Å². The van der Waals surface area contributed by atoms with E-state index < -0.39 is 23.1 Å². The molecule has 8 nitrogen and oxygen atoms in total. The molecule has 2 heterocycles. The van der Waals surface area contributed by atoms with Crippen LogP contribution in [0.2, 0.25) is 0 Å². The number of rotatable bonds is 5. The van der Waals surface area contributed by atoms with Gasteiger partial charge in [-0.25, -0.2) is 4.79 Å². The first-order valence-corrected chi connectivity index (χ1v) is 8.74. The van der Waals surface area contributed by atoms with E-state index in [1.807, 2.05) is 6.92 Å². The molecular weight excluding hydrogens is 352 g/mol. The summed E-state index contributed by atoms with van der Waals surface area (Å²) >= 11 is 0. The van der Waals surface area contributed by atoms with Crippen molar-refractivity contribution >= 4 is 11.7 Å². The van der Waals surface area contributed by atoms with Crippen molar-refractivity contribution in [2.45, 2.75) is 46.2 Å². The van der Waals surface area contributed by atoms with Gasteiger partial charge in [-0.3, -0.25) is 10.1 Å². The number of dihydropyridines is 1. The molecule has 1 atom stereocenters. The highest BCUT2D eigenvalue weighted by Crippen LogP contribution is 2.45. The largest absolute Gasteiger partial charge is 0.463 e. The number of hydrogen-bond donors (Lipinski definition) is 1. The van der Waals surface area contributed by atoms with Gasteiger partial charge < -0.3 is 19.5 Å². The Kier molecular flexibility index (Phi) is 5.29.